The number of amides is 1. The maximum Gasteiger partial charge on any atom is 0.411 e. The molecule has 0 aliphatic rings. The van der Waals surface area contributed by atoms with Crippen molar-refractivity contribution in [2.24, 2.45) is 5.92 Å². The van der Waals surface area contributed by atoms with Gasteiger partial charge in [-0.2, -0.15) is 0 Å². The maximum absolute atomic E-state index is 11.5. The predicted octanol–water partition coefficient (Wildman–Crippen LogP) is 2.78. The van der Waals surface area contributed by atoms with Crippen LogP contribution in [0.2, 0.25) is 0 Å². The lowest BCUT2D eigenvalue weighted by Crippen LogP contribution is -2.16. The van der Waals surface area contributed by atoms with Crippen molar-refractivity contribution in [2.45, 2.75) is 27.4 Å². The molecule has 19 heavy (non-hydrogen) atoms. The molecule has 106 valence electrons. The van der Waals surface area contributed by atoms with Crippen LogP contribution in [0.3, 0.4) is 0 Å². The van der Waals surface area contributed by atoms with Gasteiger partial charge in [0.15, 0.2) is 0 Å². The Kier molecular flexibility index (Phi) is 6.15. The van der Waals surface area contributed by atoms with E-state index in [0.29, 0.717) is 36.1 Å². The Bertz CT molecular complexity index is 418. The van der Waals surface area contributed by atoms with Crippen LogP contribution >= 0.6 is 0 Å². The van der Waals surface area contributed by atoms with E-state index in [-0.39, 0.29) is 6.61 Å². The molecule has 2 N–H and O–H groups in total. The minimum atomic E-state index is -0.498. The Hall–Kier alpha value is -1.75. The minimum Gasteiger partial charge on any atom is -0.494 e. The lowest BCUT2D eigenvalue weighted by molar-refractivity contribution is 0.147. The van der Waals surface area contributed by atoms with Gasteiger partial charge in [-0.25, -0.2) is 4.79 Å². The van der Waals surface area contributed by atoms with Crippen molar-refractivity contribution in [1.82, 2.24) is 0 Å². The molecule has 0 radical (unpaired) electrons. The van der Waals surface area contributed by atoms with Crippen LogP contribution in [0.4, 0.5) is 10.5 Å². The number of aliphatic hydroxyl groups excluding tert-OH is 1. The molecule has 5 nitrogen and oxygen atoms in total. The summed E-state index contributed by atoms with van der Waals surface area (Å²) in [5.74, 6) is 0.908. The van der Waals surface area contributed by atoms with Gasteiger partial charge in [0, 0.05) is 11.3 Å². The van der Waals surface area contributed by atoms with Gasteiger partial charge in [-0.05, 0) is 31.0 Å². The van der Waals surface area contributed by atoms with Crippen LogP contribution in [0, 0.1) is 5.92 Å². The highest BCUT2D eigenvalue weighted by Gasteiger charge is 2.08. The molecule has 1 rings (SSSR count). The summed E-state index contributed by atoms with van der Waals surface area (Å²) >= 11 is 0. The lowest BCUT2D eigenvalue weighted by atomic mass is 10.2. The zero-order valence-corrected chi connectivity index (χ0v) is 11.6. The summed E-state index contributed by atoms with van der Waals surface area (Å²) < 4.78 is 10.4. The molecule has 0 unspecified atom stereocenters. The summed E-state index contributed by atoms with van der Waals surface area (Å²) in [6, 6.07) is 5.09. The van der Waals surface area contributed by atoms with Crippen LogP contribution in [-0.2, 0) is 11.3 Å². The molecule has 1 aromatic rings. The van der Waals surface area contributed by atoms with Crippen molar-refractivity contribution >= 4 is 11.8 Å². The number of ether oxygens (including phenoxy) is 2. The van der Waals surface area contributed by atoms with Crippen molar-refractivity contribution in [1.29, 1.82) is 0 Å². The van der Waals surface area contributed by atoms with Crippen LogP contribution in [0.15, 0.2) is 18.2 Å². The van der Waals surface area contributed by atoms with Gasteiger partial charge in [0.2, 0.25) is 0 Å². The van der Waals surface area contributed by atoms with Crippen LogP contribution < -0.4 is 10.1 Å². The van der Waals surface area contributed by atoms with E-state index in [0.717, 1.165) is 0 Å². The van der Waals surface area contributed by atoms with Gasteiger partial charge in [-0.3, -0.25) is 5.32 Å². The minimum absolute atomic E-state index is 0.147. The second-order valence-electron chi connectivity index (χ2n) is 4.53. The molecule has 0 bridgehead atoms. The van der Waals surface area contributed by atoms with E-state index >= 15 is 0 Å². The molecule has 0 aliphatic heterocycles. The van der Waals surface area contributed by atoms with Crippen molar-refractivity contribution in [3.05, 3.63) is 23.8 Å². The van der Waals surface area contributed by atoms with Gasteiger partial charge in [-0.1, -0.05) is 13.8 Å². The summed E-state index contributed by atoms with van der Waals surface area (Å²) in [6.45, 7) is 6.55. The number of hydrogen-bond donors (Lipinski definition) is 2. The first kappa shape index (κ1) is 15.3. The Labute approximate surface area is 113 Å². The van der Waals surface area contributed by atoms with E-state index < -0.39 is 6.09 Å². The molecule has 5 heteroatoms. The Morgan fingerprint density at radius 3 is 2.74 bits per heavy atom. The van der Waals surface area contributed by atoms with Gasteiger partial charge in [-0.15, -0.1) is 0 Å². The average Bonchev–Trinajstić information content (AvgIpc) is 2.38. The molecule has 0 spiro atoms. The highest BCUT2D eigenvalue weighted by molar-refractivity contribution is 5.84. The van der Waals surface area contributed by atoms with Crippen LogP contribution in [0.25, 0.3) is 0 Å². The highest BCUT2D eigenvalue weighted by atomic mass is 16.5. The van der Waals surface area contributed by atoms with Crippen LogP contribution in [0.1, 0.15) is 26.3 Å². The number of nitrogens with one attached hydrogen (secondary N) is 1. The number of rotatable bonds is 6. The number of benzene rings is 1. The third-order valence-corrected chi connectivity index (χ3v) is 2.32. The third-order valence-electron chi connectivity index (χ3n) is 2.32. The van der Waals surface area contributed by atoms with Crippen molar-refractivity contribution in [2.75, 3.05) is 18.5 Å². The summed E-state index contributed by atoms with van der Waals surface area (Å²) in [5, 5.41) is 11.9. The van der Waals surface area contributed by atoms with Gasteiger partial charge >= 0.3 is 6.09 Å². The van der Waals surface area contributed by atoms with Crippen molar-refractivity contribution in [3.8, 4) is 5.75 Å². The second kappa shape index (κ2) is 7.63. The van der Waals surface area contributed by atoms with Crippen LogP contribution in [-0.4, -0.2) is 24.4 Å². The first-order valence-electron chi connectivity index (χ1n) is 6.37. The topological polar surface area (TPSA) is 67.8 Å². The fraction of sp³-hybridized carbons (Fsp3) is 0.500. The average molecular weight is 267 g/mol. The first-order valence-corrected chi connectivity index (χ1v) is 6.37. The Morgan fingerprint density at radius 1 is 1.42 bits per heavy atom. The fourth-order valence-electron chi connectivity index (χ4n) is 1.47. The molecule has 0 aromatic heterocycles. The number of aliphatic hydroxyl groups is 1. The third kappa shape index (κ3) is 5.18. The molecule has 0 saturated heterocycles. The van der Waals surface area contributed by atoms with Gasteiger partial charge in [0.05, 0.1) is 19.8 Å². The number of hydrogen-bond acceptors (Lipinski definition) is 4. The SMILES string of the molecule is CCOc1ccc(NC(=O)OCC(C)C)cc1CO. The second-order valence-corrected chi connectivity index (χ2v) is 4.53. The standard InChI is InChI=1S/C14H21NO4/c1-4-18-13-6-5-12(7-11(13)8-16)15-14(17)19-9-10(2)3/h5-7,10,16H,4,8-9H2,1-3H3,(H,15,17). The van der Waals surface area contributed by atoms with E-state index in [1.807, 2.05) is 20.8 Å². The molecule has 1 amide bonds. The summed E-state index contributed by atoms with van der Waals surface area (Å²) in [4.78, 5) is 11.5. The summed E-state index contributed by atoms with van der Waals surface area (Å²) in [6.07, 6.45) is -0.498. The van der Waals surface area contributed by atoms with E-state index in [2.05, 4.69) is 5.32 Å². The van der Waals surface area contributed by atoms with Crippen molar-refractivity contribution in [3.63, 3.8) is 0 Å². The summed E-state index contributed by atoms with van der Waals surface area (Å²) in [7, 11) is 0. The molecule has 0 fully saturated rings. The molecular formula is C14H21NO4. The zero-order chi connectivity index (χ0) is 14.3. The predicted molar refractivity (Wildman–Crippen MR) is 73.3 cm³/mol. The van der Waals surface area contributed by atoms with Gasteiger partial charge in [0.25, 0.3) is 0 Å². The molecule has 0 heterocycles. The summed E-state index contributed by atoms with van der Waals surface area (Å²) in [5.41, 5.74) is 1.20. The molecular weight excluding hydrogens is 246 g/mol. The molecule has 1 aromatic carbocycles. The van der Waals surface area contributed by atoms with Crippen LogP contribution in [0.5, 0.6) is 5.75 Å². The largest absolute Gasteiger partial charge is 0.494 e. The van der Waals surface area contributed by atoms with E-state index in [1.165, 1.54) is 0 Å². The fourth-order valence-corrected chi connectivity index (χ4v) is 1.47. The Balaban J connectivity index is 2.66. The van der Waals surface area contributed by atoms with E-state index in [9.17, 15) is 9.90 Å². The van der Waals surface area contributed by atoms with Crippen molar-refractivity contribution < 1.29 is 19.4 Å². The monoisotopic (exact) mass is 267 g/mol. The first-order chi connectivity index (χ1) is 9.06. The normalized spacial score (nSPS) is 10.4. The molecule has 0 saturated carbocycles. The maximum atomic E-state index is 11.5. The van der Waals surface area contributed by atoms with E-state index in [1.54, 1.807) is 18.2 Å². The zero-order valence-electron chi connectivity index (χ0n) is 11.6. The number of carbonyl (C=O) groups excluding carboxylic acids is 1. The van der Waals surface area contributed by atoms with E-state index in [4.69, 9.17) is 9.47 Å². The van der Waals surface area contributed by atoms with Gasteiger partial charge < -0.3 is 14.6 Å². The molecule has 0 aliphatic carbocycles. The van der Waals surface area contributed by atoms with Gasteiger partial charge in [0.1, 0.15) is 5.75 Å². The molecule has 0 atom stereocenters. The quantitative estimate of drug-likeness (QED) is 0.831. The number of carbonyl (C=O) groups is 1. The highest BCUT2D eigenvalue weighted by Crippen LogP contribution is 2.23. The number of anilines is 1. The smallest absolute Gasteiger partial charge is 0.411 e. The Morgan fingerprint density at radius 2 is 2.16 bits per heavy atom. The lowest BCUT2D eigenvalue weighted by Gasteiger charge is -2.12.